The molecule has 0 aliphatic carbocycles. The van der Waals surface area contributed by atoms with E-state index in [2.05, 4.69) is 0 Å². The van der Waals surface area contributed by atoms with Crippen LogP contribution in [0.4, 0.5) is 17.6 Å². The zero-order valence-corrected chi connectivity index (χ0v) is 16.4. The number of hydrogen-bond acceptors (Lipinski definition) is 2. The fourth-order valence-electron chi connectivity index (χ4n) is 3.00. The Labute approximate surface area is 167 Å². The Balaban J connectivity index is 2.40. The van der Waals surface area contributed by atoms with Crippen LogP contribution in [0.1, 0.15) is 60.2 Å². The summed E-state index contributed by atoms with van der Waals surface area (Å²) in [5, 5.41) is 0. The Bertz CT molecular complexity index is 822. The van der Waals surface area contributed by atoms with E-state index in [1.54, 1.807) is 0 Å². The van der Waals surface area contributed by atoms with Crippen LogP contribution in [0.2, 0.25) is 0 Å². The van der Waals surface area contributed by atoms with E-state index in [0.29, 0.717) is 6.42 Å². The van der Waals surface area contributed by atoms with Crippen molar-refractivity contribution in [3.63, 3.8) is 0 Å². The second kappa shape index (κ2) is 10.2. The summed E-state index contributed by atoms with van der Waals surface area (Å²) in [6.07, 6.45) is 3.28. The zero-order chi connectivity index (χ0) is 21.6. The van der Waals surface area contributed by atoms with Gasteiger partial charge in [0.2, 0.25) is 0 Å². The maximum Gasteiger partial charge on any atom is 0.260 e. The molecule has 0 N–H and O–H groups in total. The van der Waals surface area contributed by atoms with Crippen molar-refractivity contribution in [2.45, 2.75) is 39.5 Å². The molecule has 0 bridgehead atoms. The van der Waals surface area contributed by atoms with Gasteiger partial charge in [-0.05, 0) is 48.7 Å². The van der Waals surface area contributed by atoms with E-state index in [0.717, 1.165) is 60.6 Å². The van der Waals surface area contributed by atoms with Crippen molar-refractivity contribution in [2.75, 3.05) is 6.54 Å². The molecule has 0 spiro atoms. The molecule has 0 saturated heterocycles. The van der Waals surface area contributed by atoms with Gasteiger partial charge in [0.15, 0.2) is 23.3 Å². The van der Waals surface area contributed by atoms with Crippen LogP contribution in [0.3, 0.4) is 0 Å². The lowest BCUT2D eigenvalue weighted by molar-refractivity contribution is 0.0585. The van der Waals surface area contributed by atoms with Gasteiger partial charge >= 0.3 is 0 Å². The van der Waals surface area contributed by atoms with Crippen molar-refractivity contribution >= 4 is 11.8 Å². The molecule has 1 unspecified atom stereocenters. The van der Waals surface area contributed by atoms with E-state index < -0.39 is 35.1 Å². The minimum absolute atomic E-state index is 0.0153. The molecule has 2 rings (SSSR count). The Kier molecular flexibility index (Phi) is 7.93. The van der Waals surface area contributed by atoms with Gasteiger partial charge in [0.1, 0.15) is 0 Å². The van der Waals surface area contributed by atoms with Crippen molar-refractivity contribution in [1.82, 2.24) is 4.90 Å². The monoisotopic (exact) mass is 409 g/mol. The molecule has 1 atom stereocenters. The van der Waals surface area contributed by atoms with Gasteiger partial charge in [-0.2, -0.15) is 0 Å². The minimum Gasteiger partial charge on any atom is -0.274 e. The van der Waals surface area contributed by atoms with Gasteiger partial charge in [0.25, 0.3) is 11.8 Å². The smallest absolute Gasteiger partial charge is 0.260 e. The first-order valence-corrected chi connectivity index (χ1v) is 9.54. The van der Waals surface area contributed by atoms with Crippen LogP contribution in [-0.4, -0.2) is 23.3 Å². The predicted octanol–water partition coefficient (Wildman–Crippen LogP) is 5.74. The second-order valence-electron chi connectivity index (χ2n) is 6.90. The number of imide groups is 1. The summed E-state index contributed by atoms with van der Waals surface area (Å²) in [6.45, 7) is 3.97. The van der Waals surface area contributed by atoms with Crippen molar-refractivity contribution in [2.24, 2.45) is 5.92 Å². The average molecular weight is 409 g/mol. The molecule has 0 aliphatic rings. The predicted molar refractivity (Wildman–Crippen MR) is 101 cm³/mol. The summed E-state index contributed by atoms with van der Waals surface area (Å²) in [5.41, 5.74) is -0.407. The van der Waals surface area contributed by atoms with Gasteiger partial charge in [0.05, 0.1) is 0 Å². The van der Waals surface area contributed by atoms with Crippen LogP contribution in [0.5, 0.6) is 0 Å². The first-order valence-electron chi connectivity index (χ1n) is 9.54. The Morgan fingerprint density at radius 1 is 0.828 bits per heavy atom. The standard InChI is InChI=1S/C22H23F4NO2/c1-3-5-6-14(4-2)13-27(21(28)15-7-9-17(23)19(25)11-15)22(29)16-8-10-18(24)20(26)12-16/h7-12,14H,3-6,13H2,1-2H3. The number of nitrogens with zero attached hydrogens (tertiary/aromatic N) is 1. The molecular formula is C22H23F4NO2. The molecule has 7 heteroatoms. The third-order valence-electron chi connectivity index (χ3n) is 4.81. The molecule has 0 aromatic heterocycles. The largest absolute Gasteiger partial charge is 0.274 e. The molecule has 156 valence electrons. The third-order valence-corrected chi connectivity index (χ3v) is 4.81. The van der Waals surface area contributed by atoms with Crippen LogP contribution >= 0.6 is 0 Å². The van der Waals surface area contributed by atoms with Gasteiger partial charge in [-0.3, -0.25) is 14.5 Å². The molecule has 2 aromatic rings. The average Bonchev–Trinajstić information content (AvgIpc) is 2.71. The molecular weight excluding hydrogens is 386 g/mol. The lowest BCUT2D eigenvalue weighted by Crippen LogP contribution is -2.40. The van der Waals surface area contributed by atoms with Crippen molar-refractivity contribution in [3.8, 4) is 0 Å². The highest BCUT2D eigenvalue weighted by atomic mass is 19.2. The highest BCUT2D eigenvalue weighted by Crippen LogP contribution is 2.20. The van der Waals surface area contributed by atoms with Crippen LogP contribution < -0.4 is 0 Å². The van der Waals surface area contributed by atoms with Gasteiger partial charge in [0, 0.05) is 17.7 Å². The lowest BCUT2D eigenvalue weighted by Gasteiger charge is -2.26. The van der Waals surface area contributed by atoms with E-state index in [9.17, 15) is 27.2 Å². The molecule has 3 nitrogen and oxygen atoms in total. The van der Waals surface area contributed by atoms with E-state index in [4.69, 9.17) is 0 Å². The molecule has 0 aliphatic heterocycles. The first kappa shape index (κ1) is 22.6. The number of carbonyl (C=O) groups excluding carboxylic acids is 2. The van der Waals surface area contributed by atoms with E-state index in [1.165, 1.54) is 0 Å². The molecule has 0 saturated carbocycles. The Hall–Kier alpha value is -2.70. The highest BCUT2D eigenvalue weighted by Gasteiger charge is 2.27. The van der Waals surface area contributed by atoms with Crippen molar-refractivity contribution < 1.29 is 27.2 Å². The van der Waals surface area contributed by atoms with Gasteiger partial charge in [-0.1, -0.05) is 33.1 Å². The second-order valence-corrected chi connectivity index (χ2v) is 6.90. The number of rotatable bonds is 8. The summed E-state index contributed by atoms with van der Waals surface area (Å²) in [4.78, 5) is 26.8. The number of hydrogen-bond donors (Lipinski definition) is 0. The first-order chi connectivity index (χ1) is 13.8. The Morgan fingerprint density at radius 2 is 1.31 bits per heavy atom. The third kappa shape index (κ3) is 5.65. The molecule has 0 fully saturated rings. The number of amides is 2. The Morgan fingerprint density at radius 3 is 1.69 bits per heavy atom. The number of carbonyl (C=O) groups is 2. The number of benzene rings is 2. The maximum absolute atomic E-state index is 13.6. The molecule has 0 heterocycles. The quantitative estimate of drug-likeness (QED) is 0.412. The molecule has 0 radical (unpaired) electrons. The lowest BCUT2D eigenvalue weighted by atomic mass is 9.97. The van der Waals surface area contributed by atoms with E-state index in [-0.39, 0.29) is 23.6 Å². The normalized spacial score (nSPS) is 11.9. The fourth-order valence-corrected chi connectivity index (χ4v) is 3.00. The number of unbranched alkanes of at least 4 members (excludes halogenated alkanes) is 1. The van der Waals surface area contributed by atoms with Gasteiger partial charge < -0.3 is 0 Å². The SMILES string of the molecule is CCCCC(CC)CN(C(=O)c1ccc(F)c(F)c1)C(=O)c1ccc(F)c(F)c1. The van der Waals surface area contributed by atoms with E-state index >= 15 is 0 Å². The van der Waals surface area contributed by atoms with Crippen LogP contribution in [0.15, 0.2) is 36.4 Å². The summed E-state index contributed by atoms with van der Waals surface area (Å²) in [6, 6.07) is 5.21. The van der Waals surface area contributed by atoms with Crippen molar-refractivity contribution in [1.29, 1.82) is 0 Å². The van der Waals surface area contributed by atoms with Gasteiger partial charge in [-0.25, -0.2) is 17.6 Å². The van der Waals surface area contributed by atoms with Crippen LogP contribution in [0, 0.1) is 29.2 Å². The van der Waals surface area contributed by atoms with E-state index in [1.807, 2.05) is 13.8 Å². The maximum atomic E-state index is 13.6. The number of halogens is 4. The highest BCUT2D eigenvalue weighted by molar-refractivity contribution is 6.10. The fraction of sp³-hybridized carbons (Fsp3) is 0.364. The summed E-state index contributed by atoms with van der Waals surface area (Å²) < 4.78 is 53.7. The van der Waals surface area contributed by atoms with Crippen molar-refractivity contribution in [3.05, 3.63) is 70.8 Å². The topological polar surface area (TPSA) is 37.4 Å². The minimum atomic E-state index is -1.21. The van der Waals surface area contributed by atoms with Crippen LogP contribution in [-0.2, 0) is 0 Å². The molecule has 29 heavy (non-hydrogen) atoms. The van der Waals surface area contributed by atoms with Gasteiger partial charge in [-0.15, -0.1) is 0 Å². The summed E-state index contributed by atoms with van der Waals surface area (Å²) in [5.74, 6) is -6.33. The van der Waals surface area contributed by atoms with Crippen LogP contribution in [0.25, 0.3) is 0 Å². The zero-order valence-electron chi connectivity index (χ0n) is 16.4. The molecule has 2 amide bonds. The molecule has 2 aromatic carbocycles. The summed E-state index contributed by atoms with van der Waals surface area (Å²) >= 11 is 0. The summed E-state index contributed by atoms with van der Waals surface area (Å²) in [7, 11) is 0.